The van der Waals surface area contributed by atoms with Crippen molar-refractivity contribution in [2.24, 2.45) is 5.92 Å². The maximum absolute atomic E-state index is 6.05. The summed E-state index contributed by atoms with van der Waals surface area (Å²) in [7, 11) is 2.06. The summed E-state index contributed by atoms with van der Waals surface area (Å²) < 4.78 is 11.7. The standard InChI is InChI=1S/C13H25NO2/c1-13(7-3-4-9-16-13)12(14-2)11-6-5-8-15-10-11/h11-12,14H,3-10H2,1-2H3. The van der Waals surface area contributed by atoms with Crippen LogP contribution in [0.3, 0.4) is 0 Å². The number of hydrogen-bond acceptors (Lipinski definition) is 3. The zero-order valence-electron chi connectivity index (χ0n) is 10.6. The number of nitrogens with one attached hydrogen (secondary N) is 1. The van der Waals surface area contributed by atoms with Gasteiger partial charge >= 0.3 is 0 Å². The molecule has 0 aliphatic carbocycles. The fourth-order valence-corrected chi connectivity index (χ4v) is 3.27. The van der Waals surface area contributed by atoms with Crippen LogP contribution in [0.15, 0.2) is 0 Å². The van der Waals surface area contributed by atoms with Crippen molar-refractivity contribution in [3.63, 3.8) is 0 Å². The van der Waals surface area contributed by atoms with E-state index in [2.05, 4.69) is 19.3 Å². The third-order valence-electron chi connectivity index (χ3n) is 4.14. The molecule has 0 aromatic rings. The third-order valence-corrected chi connectivity index (χ3v) is 4.14. The average molecular weight is 227 g/mol. The van der Waals surface area contributed by atoms with E-state index in [-0.39, 0.29) is 5.60 Å². The zero-order chi connectivity index (χ0) is 11.4. The molecule has 94 valence electrons. The van der Waals surface area contributed by atoms with Crippen molar-refractivity contribution in [1.82, 2.24) is 5.32 Å². The van der Waals surface area contributed by atoms with Crippen LogP contribution < -0.4 is 5.32 Å². The van der Waals surface area contributed by atoms with E-state index in [4.69, 9.17) is 9.47 Å². The Hall–Kier alpha value is -0.120. The predicted octanol–water partition coefficient (Wildman–Crippen LogP) is 1.96. The largest absolute Gasteiger partial charge is 0.381 e. The molecular weight excluding hydrogens is 202 g/mol. The molecule has 3 unspecified atom stereocenters. The lowest BCUT2D eigenvalue weighted by molar-refractivity contribution is -0.112. The normalized spacial score (nSPS) is 38.2. The van der Waals surface area contributed by atoms with Gasteiger partial charge < -0.3 is 14.8 Å². The summed E-state index contributed by atoms with van der Waals surface area (Å²) in [6.45, 7) is 5.01. The molecule has 0 spiro atoms. The molecule has 0 saturated carbocycles. The van der Waals surface area contributed by atoms with Gasteiger partial charge in [0.25, 0.3) is 0 Å². The first-order valence-electron chi connectivity index (χ1n) is 6.65. The average Bonchev–Trinajstić information content (AvgIpc) is 2.32. The highest BCUT2D eigenvalue weighted by Gasteiger charge is 2.40. The Labute approximate surface area is 98.9 Å². The summed E-state index contributed by atoms with van der Waals surface area (Å²) in [5.41, 5.74) is 0.0123. The first-order valence-corrected chi connectivity index (χ1v) is 6.65. The Balaban J connectivity index is 2.01. The van der Waals surface area contributed by atoms with Gasteiger partial charge in [0, 0.05) is 25.2 Å². The minimum Gasteiger partial charge on any atom is -0.381 e. The second-order valence-corrected chi connectivity index (χ2v) is 5.36. The highest BCUT2D eigenvalue weighted by molar-refractivity contribution is 4.95. The van der Waals surface area contributed by atoms with Gasteiger partial charge in [-0.1, -0.05) is 0 Å². The third kappa shape index (κ3) is 2.58. The highest BCUT2D eigenvalue weighted by Crippen LogP contribution is 2.33. The van der Waals surface area contributed by atoms with Crippen LogP contribution in [0.1, 0.15) is 39.0 Å². The van der Waals surface area contributed by atoms with Crippen molar-refractivity contribution in [2.75, 3.05) is 26.9 Å². The number of hydrogen-bond donors (Lipinski definition) is 1. The Morgan fingerprint density at radius 1 is 1.25 bits per heavy atom. The van der Waals surface area contributed by atoms with Gasteiger partial charge in [0.05, 0.1) is 12.2 Å². The molecule has 2 fully saturated rings. The molecular formula is C13H25NO2. The fraction of sp³-hybridized carbons (Fsp3) is 1.00. The molecule has 0 aromatic carbocycles. The zero-order valence-corrected chi connectivity index (χ0v) is 10.6. The van der Waals surface area contributed by atoms with Crippen LogP contribution in [-0.2, 0) is 9.47 Å². The summed E-state index contributed by atoms with van der Waals surface area (Å²) in [5, 5.41) is 3.48. The van der Waals surface area contributed by atoms with Gasteiger partial charge in [0.2, 0.25) is 0 Å². The van der Waals surface area contributed by atoms with Crippen LogP contribution in [0, 0.1) is 5.92 Å². The van der Waals surface area contributed by atoms with Crippen molar-refractivity contribution in [2.45, 2.75) is 50.7 Å². The van der Waals surface area contributed by atoms with Crippen LogP contribution in [0.2, 0.25) is 0 Å². The summed E-state index contributed by atoms with van der Waals surface area (Å²) in [5.74, 6) is 0.613. The first-order chi connectivity index (χ1) is 7.76. The van der Waals surface area contributed by atoms with Gasteiger partial charge in [-0.05, 0) is 46.1 Å². The topological polar surface area (TPSA) is 30.5 Å². The molecule has 0 bridgehead atoms. The molecule has 0 amide bonds. The predicted molar refractivity (Wildman–Crippen MR) is 64.6 cm³/mol. The smallest absolute Gasteiger partial charge is 0.0810 e. The van der Waals surface area contributed by atoms with E-state index in [9.17, 15) is 0 Å². The Morgan fingerprint density at radius 2 is 2.12 bits per heavy atom. The molecule has 1 N–H and O–H groups in total. The summed E-state index contributed by atoms with van der Waals surface area (Å²) in [4.78, 5) is 0. The molecule has 2 aliphatic heterocycles. The van der Waals surface area contributed by atoms with E-state index < -0.39 is 0 Å². The van der Waals surface area contributed by atoms with Gasteiger partial charge in [0.15, 0.2) is 0 Å². The molecule has 3 nitrogen and oxygen atoms in total. The molecule has 0 aromatic heterocycles. The monoisotopic (exact) mass is 227 g/mol. The van der Waals surface area contributed by atoms with E-state index in [1.54, 1.807) is 0 Å². The maximum atomic E-state index is 6.05. The van der Waals surface area contributed by atoms with Crippen LogP contribution in [0.25, 0.3) is 0 Å². The number of rotatable bonds is 3. The maximum Gasteiger partial charge on any atom is 0.0810 e. The van der Waals surface area contributed by atoms with E-state index in [0.717, 1.165) is 19.8 Å². The second kappa shape index (κ2) is 5.48. The summed E-state index contributed by atoms with van der Waals surface area (Å²) in [6.07, 6.45) is 6.15. The quantitative estimate of drug-likeness (QED) is 0.799. The van der Waals surface area contributed by atoms with Gasteiger partial charge in [-0.2, -0.15) is 0 Å². The van der Waals surface area contributed by atoms with E-state index >= 15 is 0 Å². The lowest BCUT2D eigenvalue weighted by Gasteiger charge is -2.45. The molecule has 2 rings (SSSR count). The van der Waals surface area contributed by atoms with Crippen molar-refractivity contribution in [3.05, 3.63) is 0 Å². The molecule has 2 saturated heterocycles. The van der Waals surface area contributed by atoms with Gasteiger partial charge in [0.1, 0.15) is 0 Å². The lowest BCUT2D eigenvalue weighted by Crippen LogP contribution is -2.56. The molecule has 2 heterocycles. The van der Waals surface area contributed by atoms with Crippen LogP contribution in [0.5, 0.6) is 0 Å². The molecule has 2 aliphatic rings. The molecule has 3 atom stereocenters. The lowest BCUT2D eigenvalue weighted by atomic mass is 9.79. The summed E-state index contributed by atoms with van der Waals surface area (Å²) >= 11 is 0. The SMILES string of the molecule is CNC(C1CCCOC1)C1(C)CCCCO1. The van der Waals surface area contributed by atoms with Crippen molar-refractivity contribution < 1.29 is 9.47 Å². The van der Waals surface area contributed by atoms with Crippen LogP contribution in [-0.4, -0.2) is 38.5 Å². The van der Waals surface area contributed by atoms with E-state index in [1.807, 2.05) is 0 Å². The van der Waals surface area contributed by atoms with Gasteiger partial charge in [-0.25, -0.2) is 0 Å². The van der Waals surface area contributed by atoms with Crippen LogP contribution >= 0.6 is 0 Å². The molecule has 0 radical (unpaired) electrons. The van der Waals surface area contributed by atoms with E-state index in [0.29, 0.717) is 12.0 Å². The second-order valence-electron chi connectivity index (χ2n) is 5.36. The molecule has 3 heteroatoms. The van der Waals surface area contributed by atoms with Crippen molar-refractivity contribution in [1.29, 1.82) is 0 Å². The summed E-state index contributed by atoms with van der Waals surface area (Å²) in [6, 6.07) is 0.438. The minimum absolute atomic E-state index is 0.0123. The molecule has 16 heavy (non-hydrogen) atoms. The Kier molecular flexibility index (Phi) is 4.22. The van der Waals surface area contributed by atoms with Crippen LogP contribution in [0.4, 0.5) is 0 Å². The fourth-order valence-electron chi connectivity index (χ4n) is 3.27. The van der Waals surface area contributed by atoms with Crippen molar-refractivity contribution in [3.8, 4) is 0 Å². The Bertz CT molecular complexity index is 208. The minimum atomic E-state index is 0.0123. The highest BCUT2D eigenvalue weighted by atomic mass is 16.5. The van der Waals surface area contributed by atoms with Gasteiger partial charge in [-0.15, -0.1) is 0 Å². The number of likely N-dealkylation sites (N-methyl/N-ethyl adjacent to an activating group) is 1. The van der Waals surface area contributed by atoms with Gasteiger partial charge in [-0.3, -0.25) is 0 Å². The van der Waals surface area contributed by atoms with Crippen molar-refractivity contribution >= 4 is 0 Å². The number of ether oxygens (including phenoxy) is 2. The first kappa shape index (κ1) is 12.3. The Morgan fingerprint density at radius 3 is 2.69 bits per heavy atom. The van der Waals surface area contributed by atoms with E-state index in [1.165, 1.54) is 32.1 Å².